The predicted octanol–water partition coefficient (Wildman–Crippen LogP) is 2.92. The van der Waals surface area contributed by atoms with E-state index in [1.54, 1.807) is 13.2 Å². The molecule has 1 aromatic carbocycles. The Morgan fingerprint density at radius 2 is 2.24 bits per heavy atom. The largest absolute Gasteiger partial charge is 0.496 e. The summed E-state index contributed by atoms with van der Waals surface area (Å²) in [5, 5.41) is 3.24. The molecule has 1 atom stereocenters. The smallest absolute Gasteiger partial charge is 0.131 e. The van der Waals surface area contributed by atoms with Gasteiger partial charge in [-0.05, 0) is 50.9 Å². The van der Waals surface area contributed by atoms with Crippen LogP contribution >= 0.6 is 11.8 Å². The van der Waals surface area contributed by atoms with E-state index in [1.165, 1.54) is 24.0 Å². The number of methoxy groups -OCH3 is 1. The van der Waals surface area contributed by atoms with E-state index in [-0.39, 0.29) is 11.9 Å². The fourth-order valence-electron chi connectivity index (χ4n) is 2.80. The fraction of sp³-hybridized carbons (Fsp3) is 0.625. The molecule has 2 rings (SSSR count). The molecule has 1 aromatic rings. The van der Waals surface area contributed by atoms with Crippen molar-refractivity contribution >= 4 is 11.8 Å². The highest BCUT2D eigenvalue weighted by atomic mass is 32.2. The number of ether oxygens (including phenoxy) is 1. The number of nitrogens with zero attached hydrogens (tertiary/aromatic N) is 1. The number of thioether (sulfide) groups is 1. The highest BCUT2D eigenvalue weighted by Gasteiger charge is 2.20. The van der Waals surface area contributed by atoms with Gasteiger partial charge in [0.05, 0.1) is 7.11 Å². The van der Waals surface area contributed by atoms with Gasteiger partial charge in [0.25, 0.3) is 0 Å². The molecular weight excluding hydrogens is 287 g/mol. The Labute approximate surface area is 131 Å². The summed E-state index contributed by atoms with van der Waals surface area (Å²) in [5.74, 6) is 2.89. The number of halogens is 1. The zero-order valence-corrected chi connectivity index (χ0v) is 13.7. The van der Waals surface area contributed by atoms with E-state index in [0.29, 0.717) is 11.3 Å². The molecule has 0 spiro atoms. The van der Waals surface area contributed by atoms with E-state index < -0.39 is 0 Å². The third-order valence-electron chi connectivity index (χ3n) is 3.98. The average Bonchev–Trinajstić information content (AvgIpc) is 2.77. The minimum atomic E-state index is -0.194. The number of benzene rings is 1. The molecule has 21 heavy (non-hydrogen) atoms. The van der Waals surface area contributed by atoms with Crippen LogP contribution in [0.5, 0.6) is 5.75 Å². The molecule has 0 aliphatic carbocycles. The third kappa shape index (κ3) is 4.59. The van der Waals surface area contributed by atoms with Crippen LogP contribution in [0.4, 0.5) is 4.39 Å². The van der Waals surface area contributed by atoms with Crippen LogP contribution in [0.25, 0.3) is 0 Å². The Morgan fingerprint density at radius 1 is 1.38 bits per heavy atom. The number of nitrogens with one attached hydrogen (secondary N) is 1. The zero-order chi connectivity index (χ0) is 15.1. The summed E-state index contributed by atoms with van der Waals surface area (Å²) < 4.78 is 19.5. The van der Waals surface area contributed by atoms with E-state index in [0.717, 1.165) is 26.1 Å². The van der Waals surface area contributed by atoms with Crippen LogP contribution in [0, 0.1) is 5.82 Å². The maximum absolute atomic E-state index is 14.2. The minimum Gasteiger partial charge on any atom is -0.496 e. The summed E-state index contributed by atoms with van der Waals surface area (Å²) in [5.41, 5.74) is 0.645. The van der Waals surface area contributed by atoms with E-state index in [1.807, 2.05) is 24.9 Å². The summed E-state index contributed by atoms with van der Waals surface area (Å²) >= 11 is 2.03. The van der Waals surface area contributed by atoms with Crippen LogP contribution in [-0.4, -0.2) is 50.2 Å². The molecule has 0 radical (unpaired) electrons. The number of hydrogen-bond donors (Lipinski definition) is 1. The molecule has 0 saturated carbocycles. The molecule has 0 aromatic heterocycles. The lowest BCUT2D eigenvalue weighted by atomic mass is 10.0. The van der Waals surface area contributed by atoms with E-state index in [2.05, 4.69) is 10.2 Å². The van der Waals surface area contributed by atoms with Gasteiger partial charge in [-0.2, -0.15) is 11.8 Å². The second kappa shape index (κ2) is 8.61. The monoisotopic (exact) mass is 312 g/mol. The molecule has 5 heteroatoms. The summed E-state index contributed by atoms with van der Waals surface area (Å²) in [6.07, 6.45) is 2.14. The second-order valence-electron chi connectivity index (χ2n) is 5.29. The van der Waals surface area contributed by atoms with E-state index in [4.69, 9.17) is 4.74 Å². The minimum absolute atomic E-state index is 0.0166. The SMILES string of the molecule is CNC(CCN1CCCSCC1)c1c(F)cccc1OC. The van der Waals surface area contributed by atoms with Crippen LogP contribution in [0.3, 0.4) is 0 Å². The molecule has 1 fully saturated rings. The molecule has 1 saturated heterocycles. The summed E-state index contributed by atoms with van der Waals surface area (Å²) in [6.45, 7) is 3.27. The van der Waals surface area contributed by atoms with Crippen molar-refractivity contribution in [2.24, 2.45) is 0 Å². The molecule has 0 amide bonds. The first-order valence-corrected chi connectivity index (χ1v) is 8.71. The maximum Gasteiger partial charge on any atom is 0.131 e. The Bertz CT molecular complexity index is 436. The van der Waals surface area contributed by atoms with Crippen LogP contribution in [0.1, 0.15) is 24.4 Å². The standard InChI is InChI=1S/C16H25FN2OS/c1-18-14(7-9-19-8-4-11-21-12-10-19)16-13(17)5-3-6-15(16)20-2/h3,5-6,14,18H,4,7-12H2,1-2H3. The highest BCUT2D eigenvalue weighted by molar-refractivity contribution is 7.99. The van der Waals surface area contributed by atoms with Gasteiger partial charge in [-0.3, -0.25) is 0 Å². The molecule has 3 nitrogen and oxygen atoms in total. The Balaban J connectivity index is 2.02. The van der Waals surface area contributed by atoms with Gasteiger partial charge in [0.15, 0.2) is 0 Å². The first kappa shape index (κ1) is 16.6. The van der Waals surface area contributed by atoms with Crippen molar-refractivity contribution in [2.45, 2.75) is 18.9 Å². The lowest BCUT2D eigenvalue weighted by molar-refractivity contribution is 0.274. The zero-order valence-electron chi connectivity index (χ0n) is 12.9. The summed E-state index contributed by atoms with van der Waals surface area (Å²) in [6, 6.07) is 5.00. The lowest BCUT2D eigenvalue weighted by Gasteiger charge is -2.24. The Kier molecular flexibility index (Phi) is 6.80. The van der Waals surface area contributed by atoms with Crippen LogP contribution in [0.15, 0.2) is 18.2 Å². The van der Waals surface area contributed by atoms with Gasteiger partial charge in [-0.1, -0.05) is 6.07 Å². The molecular formula is C16H25FN2OS. The molecule has 1 N–H and O–H groups in total. The van der Waals surface area contributed by atoms with Gasteiger partial charge >= 0.3 is 0 Å². The fourth-order valence-corrected chi connectivity index (χ4v) is 3.72. The van der Waals surface area contributed by atoms with E-state index in [9.17, 15) is 4.39 Å². The molecule has 1 aliphatic rings. The molecule has 1 heterocycles. The van der Waals surface area contributed by atoms with Gasteiger partial charge in [-0.25, -0.2) is 4.39 Å². The number of hydrogen-bond acceptors (Lipinski definition) is 4. The second-order valence-corrected chi connectivity index (χ2v) is 6.52. The van der Waals surface area contributed by atoms with Gasteiger partial charge in [0, 0.05) is 23.9 Å². The van der Waals surface area contributed by atoms with E-state index >= 15 is 0 Å². The molecule has 118 valence electrons. The van der Waals surface area contributed by atoms with Crippen molar-refractivity contribution in [2.75, 3.05) is 45.3 Å². The van der Waals surface area contributed by atoms with Crippen LogP contribution in [-0.2, 0) is 0 Å². The van der Waals surface area contributed by atoms with Crippen LogP contribution < -0.4 is 10.1 Å². The van der Waals surface area contributed by atoms with Gasteiger partial charge in [0.1, 0.15) is 11.6 Å². The maximum atomic E-state index is 14.2. The van der Waals surface area contributed by atoms with Crippen molar-refractivity contribution in [3.63, 3.8) is 0 Å². The highest BCUT2D eigenvalue weighted by Crippen LogP contribution is 2.30. The molecule has 1 aliphatic heterocycles. The topological polar surface area (TPSA) is 24.5 Å². The third-order valence-corrected chi connectivity index (χ3v) is 5.03. The summed E-state index contributed by atoms with van der Waals surface area (Å²) in [4.78, 5) is 2.48. The van der Waals surface area contributed by atoms with Gasteiger partial charge in [0.2, 0.25) is 0 Å². The predicted molar refractivity (Wildman–Crippen MR) is 87.8 cm³/mol. The van der Waals surface area contributed by atoms with Crippen molar-refractivity contribution < 1.29 is 9.13 Å². The van der Waals surface area contributed by atoms with Crippen LogP contribution in [0.2, 0.25) is 0 Å². The lowest BCUT2D eigenvalue weighted by Crippen LogP contribution is -2.30. The number of rotatable bonds is 6. The van der Waals surface area contributed by atoms with Crippen molar-refractivity contribution in [3.8, 4) is 5.75 Å². The quantitative estimate of drug-likeness (QED) is 0.873. The normalized spacial score (nSPS) is 18.2. The first-order chi connectivity index (χ1) is 10.3. The van der Waals surface area contributed by atoms with Crippen molar-refractivity contribution in [1.29, 1.82) is 0 Å². The molecule has 0 bridgehead atoms. The van der Waals surface area contributed by atoms with Gasteiger partial charge in [-0.15, -0.1) is 0 Å². The van der Waals surface area contributed by atoms with Crippen molar-refractivity contribution in [3.05, 3.63) is 29.6 Å². The summed E-state index contributed by atoms with van der Waals surface area (Å²) in [7, 11) is 3.48. The molecule has 1 unspecified atom stereocenters. The van der Waals surface area contributed by atoms with Crippen molar-refractivity contribution in [1.82, 2.24) is 10.2 Å². The van der Waals surface area contributed by atoms with Gasteiger partial charge < -0.3 is 15.0 Å². The first-order valence-electron chi connectivity index (χ1n) is 7.56. The Hall–Kier alpha value is -0.780. The Morgan fingerprint density at radius 3 is 3.00 bits per heavy atom. The average molecular weight is 312 g/mol.